The van der Waals surface area contributed by atoms with Gasteiger partial charge < -0.3 is 4.57 Å². The predicted molar refractivity (Wildman–Crippen MR) is 143 cm³/mol. The van der Waals surface area contributed by atoms with E-state index in [1.54, 1.807) is 24.3 Å². The molecule has 4 aromatic rings. The number of benzene rings is 3. The van der Waals surface area contributed by atoms with Gasteiger partial charge in [0.2, 0.25) is 0 Å². The molecule has 7 nitrogen and oxygen atoms in total. The van der Waals surface area contributed by atoms with Gasteiger partial charge in [0.1, 0.15) is 18.2 Å². The van der Waals surface area contributed by atoms with E-state index in [1.165, 1.54) is 48.7 Å². The van der Waals surface area contributed by atoms with Crippen LogP contribution in [-0.4, -0.2) is 31.7 Å². The Bertz CT molecular complexity index is 1600. The van der Waals surface area contributed by atoms with Gasteiger partial charge in [-0.2, -0.15) is 5.10 Å². The maximum atomic E-state index is 14.6. The zero-order valence-electron chi connectivity index (χ0n) is 21.0. The fraction of sp³-hybridized carbons (Fsp3) is 0.143. The van der Waals surface area contributed by atoms with Gasteiger partial charge in [0, 0.05) is 22.6 Å². The summed E-state index contributed by atoms with van der Waals surface area (Å²) in [5.41, 5.74) is 6.08. The number of amides is 1. The molecule has 10 heteroatoms. The van der Waals surface area contributed by atoms with E-state index in [9.17, 15) is 22.0 Å². The first-order chi connectivity index (χ1) is 18.1. The van der Waals surface area contributed by atoms with Gasteiger partial charge in [0.25, 0.3) is 15.9 Å². The number of hydrazone groups is 1. The number of aromatic nitrogens is 1. The van der Waals surface area contributed by atoms with Crippen molar-refractivity contribution >= 4 is 27.8 Å². The fourth-order valence-electron chi connectivity index (χ4n) is 4.04. The molecule has 1 amide bonds. The van der Waals surface area contributed by atoms with E-state index in [2.05, 4.69) is 10.5 Å². The maximum absolute atomic E-state index is 14.6. The highest BCUT2D eigenvalue weighted by Gasteiger charge is 2.29. The summed E-state index contributed by atoms with van der Waals surface area (Å²) in [6, 6.07) is 19.3. The van der Waals surface area contributed by atoms with Crippen LogP contribution in [0, 0.1) is 32.4 Å². The Kier molecular flexibility index (Phi) is 7.72. The number of nitrogens with zero attached hydrogens (tertiary/aromatic N) is 3. The van der Waals surface area contributed by atoms with Gasteiger partial charge >= 0.3 is 0 Å². The van der Waals surface area contributed by atoms with Crippen LogP contribution in [0.15, 0.2) is 88.9 Å². The van der Waals surface area contributed by atoms with Gasteiger partial charge in [-0.3, -0.25) is 9.10 Å². The summed E-state index contributed by atoms with van der Waals surface area (Å²) in [4.78, 5) is 12.7. The first-order valence-corrected chi connectivity index (χ1v) is 13.1. The Hall–Kier alpha value is -4.31. The molecule has 1 aromatic heterocycles. The number of para-hydroxylation sites is 1. The number of carbonyl (C=O) groups is 1. The van der Waals surface area contributed by atoms with E-state index < -0.39 is 28.3 Å². The van der Waals surface area contributed by atoms with Crippen LogP contribution >= 0.6 is 0 Å². The fourth-order valence-corrected chi connectivity index (χ4v) is 5.47. The summed E-state index contributed by atoms with van der Waals surface area (Å²) in [6.45, 7) is 4.86. The van der Waals surface area contributed by atoms with Crippen molar-refractivity contribution < 1.29 is 22.0 Å². The molecular formula is C28H26F2N4O3S. The molecule has 38 heavy (non-hydrogen) atoms. The van der Waals surface area contributed by atoms with Gasteiger partial charge in [-0.1, -0.05) is 29.8 Å². The summed E-state index contributed by atoms with van der Waals surface area (Å²) in [5, 5.41) is 3.99. The van der Waals surface area contributed by atoms with Crippen LogP contribution < -0.4 is 9.73 Å². The van der Waals surface area contributed by atoms with Crippen molar-refractivity contribution in [3.63, 3.8) is 0 Å². The summed E-state index contributed by atoms with van der Waals surface area (Å²) in [5.74, 6) is -1.88. The van der Waals surface area contributed by atoms with Gasteiger partial charge in [-0.25, -0.2) is 22.6 Å². The molecule has 4 rings (SSSR count). The average Bonchev–Trinajstić information content (AvgIpc) is 3.16. The molecular weight excluding hydrogens is 510 g/mol. The highest BCUT2D eigenvalue weighted by molar-refractivity contribution is 7.92. The second-order valence-electron chi connectivity index (χ2n) is 8.71. The number of anilines is 1. The van der Waals surface area contributed by atoms with E-state index >= 15 is 0 Å². The number of halogens is 2. The normalized spacial score (nSPS) is 11.6. The Morgan fingerprint density at radius 1 is 0.974 bits per heavy atom. The van der Waals surface area contributed by atoms with Gasteiger partial charge in [0.05, 0.1) is 16.8 Å². The lowest BCUT2D eigenvalue weighted by atomic mass is 10.2. The van der Waals surface area contributed by atoms with Crippen molar-refractivity contribution in [2.75, 3.05) is 10.8 Å². The van der Waals surface area contributed by atoms with Crippen LogP contribution in [0.25, 0.3) is 5.69 Å². The molecule has 0 fully saturated rings. The number of hydrogen-bond donors (Lipinski definition) is 1. The second kappa shape index (κ2) is 11.0. The second-order valence-corrected chi connectivity index (χ2v) is 10.6. The molecule has 0 saturated carbocycles. The smallest absolute Gasteiger partial charge is 0.264 e. The van der Waals surface area contributed by atoms with E-state index in [-0.39, 0.29) is 16.4 Å². The number of nitrogens with one attached hydrogen (secondary N) is 1. The minimum absolute atomic E-state index is 0.0733. The quantitative estimate of drug-likeness (QED) is 0.253. The SMILES string of the molecule is Cc1ccc(S(=O)(=O)N(CC(=O)N/N=C/c2cc(C)n(-c3ccc(F)cc3)c2C)c2ccccc2F)cc1. The monoisotopic (exact) mass is 536 g/mol. The molecule has 0 radical (unpaired) electrons. The lowest BCUT2D eigenvalue weighted by molar-refractivity contribution is -0.119. The van der Waals surface area contributed by atoms with Gasteiger partial charge in [-0.05, 0) is 75.4 Å². The van der Waals surface area contributed by atoms with Crippen LogP contribution in [0.2, 0.25) is 0 Å². The molecule has 0 unspecified atom stereocenters. The molecule has 3 aromatic carbocycles. The highest BCUT2D eigenvalue weighted by Crippen LogP contribution is 2.26. The van der Waals surface area contributed by atoms with Crippen LogP contribution in [0.5, 0.6) is 0 Å². The third-order valence-electron chi connectivity index (χ3n) is 5.97. The number of carbonyl (C=O) groups excluding carboxylic acids is 1. The molecule has 1 heterocycles. The van der Waals surface area contributed by atoms with Crippen molar-refractivity contribution in [3.8, 4) is 5.69 Å². The molecule has 196 valence electrons. The molecule has 0 aliphatic rings. The zero-order valence-corrected chi connectivity index (χ0v) is 21.8. The molecule has 0 bridgehead atoms. The summed E-state index contributed by atoms with van der Waals surface area (Å²) < 4.78 is 57.4. The number of rotatable bonds is 8. The summed E-state index contributed by atoms with van der Waals surface area (Å²) in [6.07, 6.45) is 1.43. The van der Waals surface area contributed by atoms with E-state index in [0.717, 1.165) is 33.0 Å². The van der Waals surface area contributed by atoms with Crippen LogP contribution in [0.4, 0.5) is 14.5 Å². The standard InChI is InChI=1S/C28H26F2N4O3S/c1-19-8-14-25(15-9-19)38(36,37)33(27-7-5-4-6-26(27)30)18-28(35)32-31-17-22-16-20(2)34(21(22)3)24-12-10-23(29)11-13-24/h4-17H,18H2,1-3H3,(H,32,35)/b31-17+. The van der Waals surface area contributed by atoms with Crippen molar-refractivity contribution in [1.29, 1.82) is 0 Å². The zero-order chi connectivity index (χ0) is 27.4. The minimum atomic E-state index is -4.26. The Labute approximate surface area is 220 Å². The number of sulfonamides is 1. The van der Waals surface area contributed by atoms with Gasteiger partial charge in [0.15, 0.2) is 0 Å². The maximum Gasteiger partial charge on any atom is 0.264 e. The van der Waals surface area contributed by atoms with E-state index in [0.29, 0.717) is 5.56 Å². The molecule has 1 N–H and O–H groups in total. The van der Waals surface area contributed by atoms with Crippen molar-refractivity contribution in [3.05, 3.63) is 113 Å². The minimum Gasteiger partial charge on any atom is -0.318 e. The van der Waals surface area contributed by atoms with Crippen LogP contribution in [0.1, 0.15) is 22.5 Å². The highest BCUT2D eigenvalue weighted by atomic mass is 32.2. The average molecular weight is 537 g/mol. The van der Waals surface area contributed by atoms with Gasteiger partial charge in [-0.15, -0.1) is 0 Å². The number of hydrogen-bond acceptors (Lipinski definition) is 4. The Balaban J connectivity index is 1.56. The third-order valence-corrected chi connectivity index (χ3v) is 7.74. The lowest BCUT2D eigenvalue weighted by Crippen LogP contribution is -2.40. The van der Waals surface area contributed by atoms with E-state index in [4.69, 9.17) is 0 Å². The summed E-state index contributed by atoms with van der Waals surface area (Å²) >= 11 is 0. The molecule has 0 saturated heterocycles. The third kappa shape index (κ3) is 5.65. The first-order valence-electron chi connectivity index (χ1n) is 11.7. The first kappa shape index (κ1) is 26.7. The molecule has 0 spiro atoms. The topological polar surface area (TPSA) is 83.8 Å². The lowest BCUT2D eigenvalue weighted by Gasteiger charge is -2.24. The molecule has 0 aliphatic heterocycles. The Morgan fingerprint density at radius 2 is 1.63 bits per heavy atom. The summed E-state index contributed by atoms with van der Waals surface area (Å²) in [7, 11) is -4.26. The van der Waals surface area contributed by atoms with Crippen LogP contribution in [-0.2, 0) is 14.8 Å². The van der Waals surface area contributed by atoms with Crippen molar-refractivity contribution in [1.82, 2.24) is 9.99 Å². The molecule has 0 aliphatic carbocycles. The van der Waals surface area contributed by atoms with E-state index in [1.807, 2.05) is 31.4 Å². The predicted octanol–water partition coefficient (Wildman–Crippen LogP) is 5.03. The van der Waals surface area contributed by atoms with Crippen LogP contribution in [0.3, 0.4) is 0 Å². The largest absolute Gasteiger partial charge is 0.318 e. The van der Waals surface area contributed by atoms with Crippen molar-refractivity contribution in [2.24, 2.45) is 5.10 Å². The Morgan fingerprint density at radius 3 is 2.29 bits per heavy atom. The van der Waals surface area contributed by atoms with Crippen molar-refractivity contribution in [2.45, 2.75) is 25.7 Å². The molecule has 0 atom stereocenters. The number of aryl methyl sites for hydroxylation is 2.